The SMILES string of the molecule is COC(=O)Cc1ccc(-c2ccc(-c3nsc(C)c3NC(=O)O[C@H](C)c3ccccc3Cl)cc2)cc1. The highest BCUT2D eigenvalue weighted by Crippen LogP contribution is 2.34. The van der Waals surface area contributed by atoms with Gasteiger partial charge < -0.3 is 9.47 Å². The summed E-state index contributed by atoms with van der Waals surface area (Å²) in [6.45, 7) is 3.68. The smallest absolute Gasteiger partial charge is 0.412 e. The number of methoxy groups -OCH3 is 1. The van der Waals surface area contributed by atoms with Gasteiger partial charge in [0, 0.05) is 21.0 Å². The molecule has 0 unspecified atom stereocenters. The average molecular weight is 521 g/mol. The molecule has 36 heavy (non-hydrogen) atoms. The van der Waals surface area contributed by atoms with E-state index < -0.39 is 12.2 Å². The highest BCUT2D eigenvalue weighted by Gasteiger charge is 2.19. The highest BCUT2D eigenvalue weighted by molar-refractivity contribution is 7.06. The zero-order valence-corrected chi connectivity index (χ0v) is 21.7. The van der Waals surface area contributed by atoms with Gasteiger partial charge in [-0.25, -0.2) is 4.79 Å². The number of nitrogens with zero attached hydrogens (tertiary/aromatic N) is 1. The maximum atomic E-state index is 12.7. The molecule has 1 amide bonds. The van der Waals surface area contributed by atoms with Gasteiger partial charge in [0.25, 0.3) is 0 Å². The van der Waals surface area contributed by atoms with Gasteiger partial charge in [-0.3, -0.25) is 10.1 Å². The summed E-state index contributed by atoms with van der Waals surface area (Å²) in [4.78, 5) is 25.0. The van der Waals surface area contributed by atoms with E-state index in [1.807, 2.05) is 73.7 Å². The van der Waals surface area contributed by atoms with E-state index in [-0.39, 0.29) is 12.4 Å². The Morgan fingerprint density at radius 1 is 0.972 bits per heavy atom. The van der Waals surface area contributed by atoms with E-state index >= 15 is 0 Å². The summed E-state index contributed by atoms with van der Waals surface area (Å²) >= 11 is 7.54. The van der Waals surface area contributed by atoms with Gasteiger partial charge in [-0.05, 0) is 48.1 Å². The number of carbonyl (C=O) groups excluding carboxylic acids is 2. The third-order valence-electron chi connectivity index (χ3n) is 5.74. The Morgan fingerprint density at radius 2 is 1.58 bits per heavy atom. The molecule has 6 nitrogen and oxygen atoms in total. The summed E-state index contributed by atoms with van der Waals surface area (Å²) < 4.78 is 14.8. The molecule has 0 radical (unpaired) electrons. The van der Waals surface area contributed by atoms with Crippen LogP contribution in [0.1, 0.15) is 29.0 Å². The average Bonchev–Trinajstić information content (AvgIpc) is 3.24. The first-order chi connectivity index (χ1) is 17.4. The van der Waals surface area contributed by atoms with Crippen molar-refractivity contribution in [2.45, 2.75) is 26.4 Å². The van der Waals surface area contributed by atoms with Crippen LogP contribution < -0.4 is 5.32 Å². The minimum atomic E-state index is -0.573. The summed E-state index contributed by atoms with van der Waals surface area (Å²) in [5.41, 5.74) is 5.86. The lowest BCUT2D eigenvalue weighted by Gasteiger charge is -2.16. The number of carbonyl (C=O) groups is 2. The first-order valence-electron chi connectivity index (χ1n) is 11.3. The van der Waals surface area contributed by atoms with Crippen LogP contribution in [0.15, 0.2) is 72.8 Å². The van der Waals surface area contributed by atoms with E-state index in [0.717, 1.165) is 32.7 Å². The van der Waals surface area contributed by atoms with Crippen LogP contribution in [0.4, 0.5) is 10.5 Å². The van der Waals surface area contributed by atoms with Gasteiger partial charge in [-0.1, -0.05) is 78.3 Å². The largest absolute Gasteiger partial charge is 0.469 e. The van der Waals surface area contributed by atoms with Crippen LogP contribution in [-0.2, 0) is 20.7 Å². The predicted octanol–water partition coefficient (Wildman–Crippen LogP) is 7.46. The van der Waals surface area contributed by atoms with Crippen LogP contribution in [0.3, 0.4) is 0 Å². The predicted molar refractivity (Wildman–Crippen MR) is 143 cm³/mol. The maximum Gasteiger partial charge on any atom is 0.412 e. The normalized spacial score (nSPS) is 11.6. The van der Waals surface area contributed by atoms with E-state index in [4.69, 9.17) is 21.1 Å². The Labute approximate surface area is 219 Å². The van der Waals surface area contributed by atoms with Crippen LogP contribution in [0.2, 0.25) is 5.02 Å². The monoisotopic (exact) mass is 520 g/mol. The van der Waals surface area contributed by atoms with Crippen LogP contribution >= 0.6 is 23.1 Å². The lowest BCUT2D eigenvalue weighted by Crippen LogP contribution is -2.16. The van der Waals surface area contributed by atoms with Crippen LogP contribution in [0.25, 0.3) is 22.4 Å². The second-order valence-corrected chi connectivity index (χ2v) is 9.57. The molecular weight excluding hydrogens is 496 g/mol. The number of anilines is 1. The Balaban J connectivity index is 1.47. The number of aromatic nitrogens is 1. The molecule has 8 heteroatoms. The second-order valence-electron chi connectivity index (χ2n) is 8.18. The van der Waals surface area contributed by atoms with Gasteiger partial charge in [0.05, 0.1) is 19.2 Å². The lowest BCUT2D eigenvalue weighted by molar-refractivity contribution is -0.139. The molecule has 0 aliphatic carbocycles. The van der Waals surface area contributed by atoms with Crippen molar-refractivity contribution < 1.29 is 19.1 Å². The van der Waals surface area contributed by atoms with Crippen LogP contribution in [0.5, 0.6) is 0 Å². The number of hydrogen-bond donors (Lipinski definition) is 1. The molecule has 4 rings (SSSR count). The topological polar surface area (TPSA) is 77.5 Å². The quantitative estimate of drug-likeness (QED) is 0.256. The molecule has 0 aliphatic heterocycles. The van der Waals surface area contributed by atoms with Gasteiger partial charge in [0.1, 0.15) is 11.8 Å². The Bertz CT molecular complexity index is 1370. The highest BCUT2D eigenvalue weighted by atomic mass is 35.5. The Morgan fingerprint density at radius 3 is 2.22 bits per heavy atom. The Hall–Kier alpha value is -3.68. The summed E-state index contributed by atoms with van der Waals surface area (Å²) in [7, 11) is 1.38. The first-order valence-corrected chi connectivity index (χ1v) is 12.5. The van der Waals surface area contributed by atoms with E-state index in [2.05, 4.69) is 9.69 Å². The molecule has 0 fully saturated rings. The van der Waals surface area contributed by atoms with E-state index in [1.165, 1.54) is 18.6 Å². The van der Waals surface area contributed by atoms with E-state index in [1.54, 1.807) is 13.0 Å². The fourth-order valence-corrected chi connectivity index (χ4v) is 4.70. The van der Waals surface area contributed by atoms with Crippen molar-refractivity contribution in [3.63, 3.8) is 0 Å². The molecule has 1 aromatic heterocycles. The summed E-state index contributed by atoms with van der Waals surface area (Å²) in [5, 5.41) is 3.40. The number of benzene rings is 3. The van der Waals surface area contributed by atoms with Gasteiger partial charge in [0.2, 0.25) is 0 Å². The lowest BCUT2D eigenvalue weighted by atomic mass is 10.0. The number of halogens is 1. The molecule has 3 aromatic carbocycles. The van der Waals surface area contributed by atoms with Gasteiger partial charge >= 0.3 is 12.1 Å². The molecule has 0 aliphatic rings. The van der Waals surface area contributed by atoms with Crippen molar-refractivity contribution in [2.75, 3.05) is 12.4 Å². The molecular formula is C28H25ClN2O4S. The van der Waals surface area contributed by atoms with E-state index in [0.29, 0.717) is 16.4 Å². The van der Waals surface area contributed by atoms with Crippen molar-refractivity contribution in [3.8, 4) is 22.4 Å². The fourth-order valence-electron chi connectivity index (χ4n) is 3.75. The number of aryl methyl sites for hydroxylation is 1. The van der Waals surface area contributed by atoms with Crippen molar-refractivity contribution in [1.29, 1.82) is 0 Å². The van der Waals surface area contributed by atoms with Gasteiger partial charge in [-0.15, -0.1) is 0 Å². The fraction of sp³-hybridized carbons (Fsp3) is 0.179. The molecule has 0 saturated carbocycles. The van der Waals surface area contributed by atoms with Crippen molar-refractivity contribution in [3.05, 3.63) is 93.8 Å². The molecule has 1 heterocycles. The van der Waals surface area contributed by atoms with Gasteiger partial charge in [0.15, 0.2) is 0 Å². The number of ether oxygens (including phenoxy) is 2. The Kier molecular flexibility index (Phi) is 8.03. The molecule has 4 aromatic rings. The number of hydrogen-bond acceptors (Lipinski definition) is 6. The minimum Gasteiger partial charge on any atom is -0.469 e. The number of amides is 1. The zero-order valence-electron chi connectivity index (χ0n) is 20.1. The minimum absolute atomic E-state index is 0.244. The van der Waals surface area contributed by atoms with Crippen molar-refractivity contribution >= 4 is 40.9 Å². The van der Waals surface area contributed by atoms with Crippen LogP contribution in [0, 0.1) is 6.92 Å². The second kappa shape index (κ2) is 11.4. The molecule has 1 N–H and O–H groups in total. The maximum absolute atomic E-state index is 12.7. The molecule has 0 saturated heterocycles. The van der Waals surface area contributed by atoms with Crippen molar-refractivity contribution in [2.24, 2.45) is 0 Å². The third-order valence-corrected chi connectivity index (χ3v) is 6.83. The molecule has 1 atom stereocenters. The molecule has 184 valence electrons. The number of rotatable bonds is 7. The summed E-state index contributed by atoms with van der Waals surface area (Å²) in [6, 6.07) is 23.0. The number of esters is 1. The summed E-state index contributed by atoms with van der Waals surface area (Å²) in [5.74, 6) is -0.266. The standard InChI is InChI=1S/C28H25ClN2O4S/c1-17(23-6-4-5-7-24(23)29)35-28(33)30-26-18(2)36-31-27(26)22-14-12-21(13-15-22)20-10-8-19(9-11-20)16-25(32)34-3/h4-15,17H,16H2,1-3H3,(H,30,33)/t17-/m1/s1. The van der Waals surface area contributed by atoms with E-state index in [9.17, 15) is 9.59 Å². The molecule has 0 bridgehead atoms. The molecule has 0 spiro atoms. The number of nitrogens with one attached hydrogen (secondary N) is 1. The zero-order chi connectivity index (χ0) is 25.7. The van der Waals surface area contributed by atoms with Crippen LogP contribution in [-0.4, -0.2) is 23.5 Å². The first kappa shape index (κ1) is 25.4. The van der Waals surface area contributed by atoms with Crippen molar-refractivity contribution in [1.82, 2.24) is 4.37 Å². The third kappa shape index (κ3) is 5.93. The summed E-state index contributed by atoms with van der Waals surface area (Å²) in [6.07, 6.45) is -0.836. The van der Waals surface area contributed by atoms with Gasteiger partial charge in [-0.2, -0.15) is 4.37 Å².